The molecular weight excluding hydrogens is 300 g/mol. The number of fused-ring (bicyclic) bond motifs is 1. The van der Waals surface area contributed by atoms with Crippen molar-refractivity contribution in [1.82, 2.24) is 15.1 Å². The van der Waals surface area contributed by atoms with Gasteiger partial charge in [0.2, 0.25) is 5.91 Å². The van der Waals surface area contributed by atoms with Gasteiger partial charge in [-0.1, -0.05) is 43.2 Å². The molecule has 2 aromatic rings. The highest BCUT2D eigenvalue weighted by molar-refractivity contribution is 5.92. The molecule has 5 heteroatoms. The summed E-state index contributed by atoms with van der Waals surface area (Å²) in [6, 6.07) is 10.6. The van der Waals surface area contributed by atoms with E-state index in [1.807, 2.05) is 0 Å². The van der Waals surface area contributed by atoms with Crippen LogP contribution in [-0.4, -0.2) is 27.5 Å². The van der Waals surface area contributed by atoms with Crippen molar-refractivity contribution in [3.8, 4) is 0 Å². The first-order valence-corrected chi connectivity index (χ1v) is 8.93. The molecule has 0 unspecified atom stereocenters. The molecule has 2 aliphatic rings. The number of carbonyl (C=O) groups excluding carboxylic acids is 1. The number of hydrogen-bond donors (Lipinski definition) is 2. The normalized spacial score (nSPS) is 18.0. The van der Waals surface area contributed by atoms with Crippen molar-refractivity contribution >= 4 is 11.7 Å². The molecule has 126 valence electrons. The van der Waals surface area contributed by atoms with E-state index >= 15 is 0 Å². The van der Waals surface area contributed by atoms with Gasteiger partial charge in [0.15, 0.2) is 5.82 Å². The molecule has 24 heavy (non-hydrogen) atoms. The van der Waals surface area contributed by atoms with Crippen LogP contribution in [0, 0.1) is 5.92 Å². The molecule has 0 saturated heterocycles. The van der Waals surface area contributed by atoms with Gasteiger partial charge in [-0.2, -0.15) is 5.10 Å². The summed E-state index contributed by atoms with van der Waals surface area (Å²) in [5.74, 6) is 1.06. The summed E-state index contributed by atoms with van der Waals surface area (Å²) in [5.41, 5.74) is 3.67. The average molecular weight is 324 g/mol. The van der Waals surface area contributed by atoms with Crippen molar-refractivity contribution in [1.29, 1.82) is 0 Å². The highest BCUT2D eigenvalue weighted by Crippen LogP contribution is 2.30. The van der Waals surface area contributed by atoms with Crippen molar-refractivity contribution in [3.05, 3.63) is 47.2 Å². The quantitative estimate of drug-likeness (QED) is 0.888. The maximum absolute atomic E-state index is 12.3. The largest absolute Gasteiger partial charge is 0.309 e. The Hall–Kier alpha value is -2.14. The summed E-state index contributed by atoms with van der Waals surface area (Å²) >= 11 is 0. The standard InChI is InChI=1S/C19H24N4O/c24-19(15-8-4-5-9-15)20-18-16-12-23(13-17(16)21-22-18)11-10-14-6-2-1-3-7-14/h1-3,6-7,15H,4-5,8-13H2,(H2,20,21,22,24). The third kappa shape index (κ3) is 3.22. The lowest BCUT2D eigenvalue weighted by atomic mass is 10.1. The molecule has 1 amide bonds. The molecular formula is C19H24N4O. The summed E-state index contributed by atoms with van der Waals surface area (Å²) in [5, 5.41) is 10.5. The lowest BCUT2D eigenvalue weighted by molar-refractivity contribution is -0.119. The maximum atomic E-state index is 12.3. The first-order valence-electron chi connectivity index (χ1n) is 8.93. The summed E-state index contributed by atoms with van der Waals surface area (Å²) in [6.07, 6.45) is 5.42. The average Bonchev–Trinajstić information content (AvgIpc) is 3.32. The number of aromatic nitrogens is 2. The second-order valence-electron chi connectivity index (χ2n) is 6.95. The van der Waals surface area contributed by atoms with Crippen molar-refractivity contribution in [2.45, 2.75) is 45.2 Å². The van der Waals surface area contributed by atoms with Gasteiger partial charge >= 0.3 is 0 Å². The SMILES string of the molecule is O=C(Nc1n[nH]c2c1CN(CCc1ccccc1)C2)C1CCCC1. The van der Waals surface area contributed by atoms with Crippen LogP contribution in [-0.2, 0) is 24.3 Å². The second-order valence-corrected chi connectivity index (χ2v) is 6.95. The predicted molar refractivity (Wildman–Crippen MR) is 93.4 cm³/mol. The zero-order valence-corrected chi connectivity index (χ0v) is 13.9. The highest BCUT2D eigenvalue weighted by Gasteiger charge is 2.28. The van der Waals surface area contributed by atoms with E-state index < -0.39 is 0 Å². The van der Waals surface area contributed by atoms with Gasteiger partial charge in [-0.3, -0.25) is 14.8 Å². The van der Waals surface area contributed by atoms with Crippen LogP contribution in [0.5, 0.6) is 0 Å². The zero-order valence-electron chi connectivity index (χ0n) is 13.9. The number of hydrogen-bond acceptors (Lipinski definition) is 3. The van der Waals surface area contributed by atoms with Crippen LogP contribution in [0.2, 0.25) is 0 Å². The Morgan fingerprint density at radius 2 is 2.00 bits per heavy atom. The van der Waals surface area contributed by atoms with Crippen molar-refractivity contribution in [3.63, 3.8) is 0 Å². The van der Waals surface area contributed by atoms with E-state index in [0.717, 1.165) is 56.0 Å². The first-order chi connectivity index (χ1) is 11.8. The number of anilines is 1. The summed E-state index contributed by atoms with van der Waals surface area (Å²) in [6.45, 7) is 2.76. The fourth-order valence-corrected chi connectivity index (χ4v) is 3.81. The van der Waals surface area contributed by atoms with Gasteiger partial charge in [0.1, 0.15) is 0 Å². The van der Waals surface area contributed by atoms with E-state index in [9.17, 15) is 4.79 Å². The van der Waals surface area contributed by atoms with E-state index in [1.165, 1.54) is 18.4 Å². The second kappa shape index (κ2) is 6.77. The van der Waals surface area contributed by atoms with Crippen molar-refractivity contribution in [2.24, 2.45) is 5.92 Å². The van der Waals surface area contributed by atoms with Crippen LogP contribution < -0.4 is 5.32 Å². The molecule has 0 bridgehead atoms. The van der Waals surface area contributed by atoms with Gasteiger partial charge < -0.3 is 5.32 Å². The van der Waals surface area contributed by atoms with E-state index in [4.69, 9.17) is 0 Å². The van der Waals surface area contributed by atoms with Gasteiger partial charge in [-0.25, -0.2) is 0 Å². The van der Waals surface area contributed by atoms with E-state index in [2.05, 4.69) is 50.7 Å². The molecule has 0 radical (unpaired) electrons. The van der Waals surface area contributed by atoms with Crippen LogP contribution in [0.1, 0.15) is 42.5 Å². The Bertz CT molecular complexity index is 703. The zero-order chi connectivity index (χ0) is 16.4. The molecule has 2 N–H and O–H groups in total. The van der Waals surface area contributed by atoms with Gasteiger partial charge in [0.05, 0.1) is 5.69 Å². The van der Waals surface area contributed by atoms with E-state index in [1.54, 1.807) is 0 Å². The summed E-state index contributed by atoms with van der Waals surface area (Å²) in [4.78, 5) is 14.7. The molecule has 1 aliphatic carbocycles. The molecule has 0 spiro atoms. The van der Waals surface area contributed by atoms with Crippen LogP contribution in [0.25, 0.3) is 0 Å². The third-order valence-electron chi connectivity index (χ3n) is 5.24. The van der Waals surface area contributed by atoms with Gasteiger partial charge in [-0.05, 0) is 24.8 Å². The van der Waals surface area contributed by atoms with Crippen LogP contribution in [0.3, 0.4) is 0 Å². The smallest absolute Gasteiger partial charge is 0.228 e. The Kier molecular flexibility index (Phi) is 4.34. The fraction of sp³-hybridized carbons (Fsp3) is 0.474. The molecule has 1 saturated carbocycles. The monoisotopic (exact) mass is 324 g/mol. The van der Waals surface area contributed by atoms with E-state index in [-0.39, 0.29) is 11.8 Å². The molecule has 1 fully saturated rings. The minimum absolute atomic E-state index is 0.143. The lowest BCUT2D eigenvalue weighted by Gasteiger charge is -2.15. The number of rotatable bonds is 5. The number of benzene rings is 1. The Balaban J connectivity index is 1.35. The number of carbonyl (C=O) groups is 1. The molecule has 4 rings (SSSR count). The molecule has 2 heterocycles. The molecule has 0 atom stereocenters. The first kappa shape index (κ1) is 15.4. The Morgan fingerprint density at radius 3 is 2.79 bits per heavy atom. The highest BCUT2D eigenvalue weighted by atomic mass is 16.2. The van der Waals surface area contributed by atoms with Crippen molar-refractivity contribution in [2.75, 3.05) is 11.9 Å². The minimum Gasteiger partial charge on any atom is -0.309 e. The molecule has 5 nitrogen and oxygen atoms in total. The molecule has 1 aromatic heterocycles. The molecule has 1 aromatic carbocycles. The Labute approximate surface area is 142 Å². The lowest BCUT2D eigenvalue weighted by Crippen LogP contribution is -2.23. The van der Waals surface area contributed by atoms with E-state index in [0.29, 0.717) is 0 Å². The van der Waals surface area contributed by atoms with Gasteiger partial charge in [0, 0.05) is 31.1 Å². The third-order valence-corrected chi connectivity index (χ3v) is 5.24. The number of H-pyrrole nitrogens is 1. The molecule has 1 aliphatic heterocycles. The summed E-state index contributed by atoms with van der Waals surface area (Å²) < 4.78 is 0. The van der Waals surface area contributed by atoms with Crippen molar-refractivity contribution < 1.29 is 4.79 Å². The summed E-state index contributed by atoms with van der Waals surface area (Å²) in [7, 11) is 0. The van der Waals surface area contributed by atoms with Crippen LogP contribution in [0.4, 0.5) is 5.82 Å². The fourth-order valence-electron chi connectivity index (χ4n) is 3.81. The van der Waals surface area contributed by atoms with Crippen LogP contribution >= 0.6 is 0 Å². The predicted octanol–water partition coefficient (Wildman–Crippen LogP) is 3.10. The number of nitrogens with one attached hydrogen (secondary N) is 2. The van der Waals surface area contributed by atoms with Crippen LogP contribution in [0.15, 0.2) is 30.3 Å². The van der Waals surface area contributed by atoms with Gasteiger partial charge in [0.25, 0.3) is 0 Å². The topological polar surface area (TPSA) is 61.0 Å². The number of nitrogens with zero attached hydrogens (tertiary/aromatic N) is 2. The van der Waals surface area contributed by atoms with Gasteiger partial charge in [-0.15, -0.1) is 0 Å². The minimum atomic E-state index is 0.143. The Morgan fingerprint density at radius 1 is 1.21 bits per heavy atom. The maximum Gasteiger partial charge on any atom is 0.228 e. The number of amides is 1. The number of aromatic amines is 1.